The molecule has 0 aliphatic heterocycles. The number of nitrogens with one attached hydrogen (secondary N) is 1. The van der Waals surface area contributed by atoms with Crippen molar-refractivity contribution in [3.8, 4) is 0 Å². The average Bonchev–Trinajstić information content (AvgIpc) is 3.08. The molecule has 1 aliphatic rings. The third-order valence-electron chi connectivity index (χ3n) is 3.62. The Labute approximate surface area is 105 Å². The zero-order valence-corrected chi connectivity index (χ0v) is 11.2. The SMILES string of the molecule is CCN(CC)CCn1cccc1CNC1CC1. The number of likely N-dealkylation sites (N-methyl/N-ethyl adjacent to an activating group) is 1. The van der Waals surface area contributed by atoms with E-state index in [1.165, 1.54) is 18.5 Å². The van der Waals surface area contributed by atoms with E-state index in [0.717, 1.165) is 38.8 Å². The zero-order chi connectivity index (χ0) is 12.1. The summed E-state index contributed by atoms with van der Waals surface area (Å²) in [6.07, 6.45) is 4.92. The van der Waals surface area contributed by atoms with Crippen LogP contribution in [0.4, 0.5) is 0 Å². The third-order valence-corrected chi connectivity index (χ3v) is 3.62. The van der Waals surface area contributed by atoms with Gasteiger partial charge in [0, 0.05) is 37.6 Å². The fourth-order valence-electron chi connectivity index (χ4n) is 2.15. The first-order valence-electron chi connectivity index (χ1n) is 6.93. The summed E-state index contributed by atoms with van der Waals surface area (Å²) in [7, 11) is 0. The van der Waals surface area contributed by atoms with Crippen LogP contribution in [0.3, 0.4) is 0 Å². The average molecular weight is 235 g/mol. The van der Waals surface area contributed by atoms with Crippen molar-refractivity contribution in [3.05, 3.63) is 24.0 Å². The highest BCUT2D eigenvalue weighted by Gasteiger charge is 2.20. The molecule has 1 heterocycles. The topological polar surface area (TPSA) is 20.2 Å². The first kappa shape index (κ1) is 12.7. The largest absolute Gasteiger partial charge is 0.349 e. The lowest BCUT2D eigenvalue weighted by atomic mass is 10.4. The van der Waals surface area contributed by atoms with Gasteiger partial charge < -0.3 is 14.8 Å². The Morgan fingerprint density at radius 3 is 2.76 bits per heavy atom. The minimum absolute atomic E-state index is 0.793. The monoisotopic (exact) mass is 235 g/mol. The Kier molecular flexibility index (Phi) is 4.63. The summed E-state index contributed by atoms with van der Waals surface area (Å²) in [5.74, 6) is 0. The van der Waals surface area contributed by atoms with Crippen LogP contribution in [-0.4, -0.2) is 35.1 Å². The van der Waals surface area contributed by atoms with Gasteiger partial charge in [0.05, 0.1) is 0 Å². The Balaban J connectivity index is 1.80. The number of nitrogens with zero attached hydrogens (tertiary/aromatic N) is 2. The second-order valence-electron chi connectivity index (χ2n) is 4.87. The second-order valence-corrected chi connectivity index (χ2v) is 4.87. The summed E-state index contributed by atoms with van der Waals surface area (Å²) in [4.78, 5) is 2.47. The van der Waals surface area contributed by atoms with Crippen LogP contribution in [0.5, 0.6) is 0 Å². The van der Waals surface area contributed by atoms with Crippen molar-refractivity contribution in [2.45, 2.75) is 45.8 Å². The van der Waals surface area contributed by atoms with Crippen molar-refractivity contribution in [2.75, 3.05) is 19.6 Å². The molecule has 0 atom stereocenters. The van der Waals surface area contributed by atoms with Crippen molar-refractivity contribution in [1.29, 1.82) is 0 Å². The molecule has 2 rings (SSSR count). The molecule has 17 heavy (non-hydrogen) atoms. The van der Waals surface area contributed by atoms with Gasteiger partial charge in [0.25, 0.3) is 0 Å². The van der Waals surface area contributed by atoms with Crippen molar-refractivity contribution >= 4 is 0 Å². The van der Waals surface area contributed by atoms with E-state index in [-0.39, 0.29) is 0 Å². The minimum Gasteiger partial charge on any atom is -0.349 e. The Morgan fingerprint density at radius 1 is 1.35 bits per heavy atom. The molecule has 1 fully saturated rings. The summed E-state index contributed by atoms with van der Waals surface area (Å²) in [5.41, 5.74) is 1.42. The maximum atomic E-state index is 3.58. The van der Waals surface area contributed by atoms with Gasteiger partial charge in [-0.05, 0) is 38.1 Å². The van der Waals surface area contributed by atoms with E-state index in [4.69, 9.17) is 0 Å². The summed E-state index contributed by atoms with van der Waals surface area (Å²) >= 11 is 0. The van der Waals surface area contributed by atoms with Gasteiger partial charge in [0.15, 0.2) is 0 Å². The highest BCUT2D eigenvalue weighted by atomic mass is 15.1. The first-order valence-corrected chi connectivity index (χ1v) is 6.93. The van der Waals surface area contributed by atoms with Crippen LogP contribution in [-0.2, 0) is 13.1 Å². The molecule has 0 aromatic carbocycles. The smallest absolute Gasteiger partial charge is 0.0361 e. The normalized spacial score (nSPS) is 15.7. The number of hydrogen-bond acceptors (Lipinski definition) is 2. The molecule has 0 radical (unpaired) electrons. The van der Waals surface area contributed by atoms with Crippen molar-refractivity contribution in [1.82, 2.24) is 14.8 Å². The van der Waals surface area contributed by atoms with E-state index >= 15 is 0 Å². The zero-order valence-electron chi connectivity index (χ0n) is 11.2. The van der Waals surface area contributed by atoms with Crippen LogP contribution in [0, 0.1) is 0 Å². The highest BCUT2D eigenvalue weighted by Crippen LogP contribution is 2.19. The molecule has 1 aliphatic carbocycles. The summed E-state index contributed by atoms with van der Waals surface area (Å²) in [6.45, 7) is 10.0. The molecule has 0 saturated heterocycles. The van der Waals surface area contributed by atoms with Gasteiger partial charge in [-0.25, -0.2) is 0 Å². The van der Waals surface area contributed by atoms with Gasteiger partial charge in [-0.3, -0.25) is 0 Å². The van der Waals surface area contributed by atoms with Gasteiger partial charge in [-0.15, -0.1) is 0 Å². The third kappa shape index (κ3) is 3.86. The van der Waals surface area contributed by atoms with Gasteiger partial charge in [-0.1, -0.05) is 13.8 Å². The van der Waals surface area contributed by atoms with Crippen LogP contribution in [0.2, 0.25) is 0 Å². The van der Waals surface area contributed by atoms with Gasteiger partial charge in [-0.2, -0.15) is 0 Å². The maximum absolute atomic E-state index is 3.58. The standard InChI is InChI=1S/C14H25N3/c1-3-16(4-2)10-11-17-9-5-6-14(17)12-15-13-7-8-13/h5-6,9,13,15H,3-4,7-8,10-12H2,1-2H3. The van der Waals surface area contributed by atoms with Gasteiger partial charge >= 0.3 is 0 Å². The lowest BCUT2D eigenvalue weighted by Crippen LogP contribution is -2.28. The predicted molar refractivity (Wildman–Crippen MR) is 72.1 cm³/mol. The molecule has 96 valence electrons. The number of aromatic nitrogens is 1. The molecular formula is C14H25N3. The lowest BCUT2D eigenvalue weighted by Gasteiger charge is -2.19. The van der Waals surface area contributed by atoms with Crippen LogP contribution < -0.4 is 5.32 Å². The van der Waals surface area contributed by atoms with E-state index in [9.17, 15) is 0 Å². The molecular weight excluding hydrogens is 210 g/mol. The predicted octanol–water partition coefficient (Wildman–Crippen LogP) is 2.08. The maximum Gasteiger partial charge on any atom is 0.0361 e. The van der Waals surface area contributed by atoms with Gasteiger partial charge in [0.1, 0.15) is 0 Å². The van der Waals surface area contributed by atoms with Crippen LogP contribution in [0.15, 0.2) is 18.3 Å². The van der Waals surface area contributed by atoms with E-state index in [2.05, 4.69) is 47.0 Å². The Bertz CT molecular complexity index is 324. The summed E-state index contributed by atoms with van der Waals surface area (Å²) < 4.78 is 2.38. The summed E-state index contributed by atoms with van der Waals surface area (Å²) in [5, 5.41) is 3.58. The van der Waals surface area contributed by atoms with Gasteiger partial charge in [0.2, 0.25) is 0 Å². The van der Waals surface area contributed by atoms with Crippen LogP contribution >= 0.6 is 0 Å². The molecule has 0 bridgehead atoms. The van der Waals surface area contributed by atoms with E-state index in [1.54, 1.807) is 0 Å². The molecule has 1 N–H and O–H groups in total. The minimum atomic E-state index is 0.793. The molecule has 0 amide bonds. The molecule has 1 saturated carbocycles. The van der Waals surface area contributed by atoms with Crippen molar-refractivity contribution in [3.63, 3.8) is 0 Å². The van der Waals surface area contributed by atoms with E-state index < -0.39 is 0 Å². The summed E-state index contributed by atoms with van der Waals surface area (Å²) in [6, 6.07) is 5.19. The molecule has 3 heteroatoms. The highest BCUT2D eigenvalue weighted by molar-refractivity contribution is 5.07. The van der Waals surface area contributed by atoms with Crippen LogP contribution in [0.1, 0.15) is 32.4 Å². The van der Waals surface area contributed by atoms with E-state index in [1.807, 2.05) is 0 Å². The number of hydrogen-bond donors (Lipinski definition) is 1. The molecule has 0 unspecified atom stereocenters. The van der Waals surface area contributed by atoms with Crippen molar-refractivity contribution < 1.29 is 0 Å². The molecule has 1 aromatic rings. The fraction of sp³-hybridized carbons (Fsp3) is 0.714. The van der Waals surface area contributed by atoms with E-state index in [0.29, 0.717) is 0 Å². The fourth-order valence-corrected chi connectivity index (χ4v) is 2.15. The quantitative estimate of drug-likeness (QED) is 0.744. The van der Waals surface area contributed by atoms with Crippen molar-refractivity contribution in [2.24, 2.45) is 0 Å². The lowest BCUT2D eigenvalue weighted by molar-refractivity contribution is 0.289. The number of rotatable bonds is 8. The first-order chi connectivity index (χ1) is 8.33. The molecule has 0 spiro atoms. The second kappa shape index (κ2) is 6.22. The molecule has 1 aromatic heterocycles. The molecule has 3 nitrogen and oxygen atoms in total. The Morgan fingerprint density at radius 2 is 2.12 bits per heavy atom. The Hall–Kier alpha value is -0.800. The van der Waals surface area contributed by atoms with Crippen LogP contribution in [0.25, 0.3) is 0 Å².